The number of ketones is 1. The Morgan fingerprint density at radius 3 is 2.20 bits per heavy atom. The van der Waals surface area contributed by atoms with Gasteiger partial charge in [-0.1, -0.05) is 6.07 Å². The number of amides is 1. The summed E-state index contributed by atoms with van der Waals surface area (Å²) in [5.74, 6) is -0.210. The van der Waals surface area contributed by atoms with Gasteiger partial charge in [0.2, 0.25) is 5.91 Å². The first-order chi connectivity index (χ1) is 14.1. The number of Topliss-reactive ketones (excluding diaryl/α,β-unsaturated/α-hetero) is 1. The summed E-state index contributed by atoms with van der Waals surface area (Å²) in [6, 6.07) is 11.7. The summed E-state index contributed by atoms with van der Waals surface area (Å²) in [6.45, 7) is 5.49. The van der Waals surface area contributed by atoms with Gasteiger partial charge in [0.1, 0.15) is 0 Å². The van der Waals surface area contributed by atoms with Crippen molar-refractivity contribution < 1.29 is 22.8 Å². The number of nitrogens with zero attached hydrogens (tertiary/aromatic N) is 2. The molecule has 2 aromatic rings. The first-order valence-corrected chi connectivity index (χ1v) is 9.73. The topological polar surface area (TPSA) is 52.7 Å². The van der Waals surface area contributed by atoms with E-state index in [0.717, 1.165) is 6.07 Å². The minimum atomic E-state index is -4.37. The Bertz CT molecular complexity index is 905. The number of hydrogen-bond donors (Lipinski definition) is 1. The van der Waals surface area contributed by atoms with E-state index in [-0.39, 0.29) is 17.7 Å². The smallest absolute Gasteiger partial charge is 0.369 e. The highest BCUT2D eigenvalue weighted by atomic mass is 19.4. The van der Waals surface area contributed by atoms with Gasteiger partial charge >= 0.3 is 6.18 Å². The van der Waals surface area contributed by atoms with Gasteiger partial charge < -0.3 is 10.2 Å². The number of halogens is 3. The number of hydrogen-bond acceptors (Lipinski definition) is 4. The number of piperazine rings is 1. The van der Waals surface area contributed by atoms with Crippen LogP contribution in [0.3, 0.4) is 0 Å². The highest BCUT2D eigenvalue weighted by Crippen LogP contribution is 2.32. The summed E-state index contributed by atoms with van der Waals surface area (Å²) in [5, 5.41) is 2.66. The number of alkyl halides is 3. The van der Waals surface area contributed by atoms with Gasteiger partial charge in [0.25, 0.3) is 0 Å². The van der Waals surface area contributed by atoms with Gasteiger partial charge in [-0.15, -0.1) is 0 Å². The van der Waals surface area contributed by atoms with E-state index in [1.54, 1.807) is 30.3 Å². The largest absolute Gasteiger partial charge is 0.416 e. The van der Waals surface area contributed by atoms with Crippen LogP contribution >= 0.6 is 0 Å². The first kappa shape index (κ1) is 21.8. The molecule has 0 radical (unpaired) electrons. The quantitative estimate of drug-likeness (QED) is 0.743. The maximum atomic E-state index is 13.0. The van der Waals surface area contributed by atoms with Gasteiger partial charge in [0.15, 0.2) is 5.78 Å². The van der Waals surface area contributed by atoms with Gasteiger partial charge in [0.05, 0.1) is 11.6 Å². The minimum Gasteiger partial charge on any atom is -0.369 e. The molecule has 1 aliphatic heterocycles. The average Bonchev–Trinajstić information content (AvgIpc) is 2.72. The fourth-order valence-electron chi connectivity index (χ4n) is 3.57. The zero-order chi connectivity index (χ0) is 21.9. The molecule has 2 aromatic carbocycles. The van der Waals surface area contributed by atoms with E-state index < -0.39 is 11.7 Å². The summed E-state index contributed by atoms with van der Waals surface area (Å²) in [7, 11) is 0. The van der Waals surface area contributed by atoms with E-state index in [1.165, 1.54) is 19.1 Å². The molecular formula is C22H24F3N3O2. The standard InChI is InChI=1S/C22H24F3N3O2/c1-15(21(30)17-6-8-19(9-7-17)26-16(2)29)27-10-12-28(13-11-27)20-5-3-4-18(14-20)22(23,24)25/h3-9,14-15H,10-13H2,1-2H3,(H,26,29). The summed E-state index contributed by atoms with van der Waals surface area (Å²) in [5.41, 5.74) is 1.06. The normalized spacial score (nSPS) is 16.2. The number of carbonyl (C=O) groups is 2. The zero-order valence-electron chi connectivity index (χ0n) is 16.9. The van der Waals surface area contributed by atoms with Crippen LogP contribution in [-0.4, -0.2) is 48.8 Å². The number of rotatable bonds is 5. The van der Waals surface area contributed by atoms with Crippen LogP contribution in [0.5, 0.6) is 0 Å². The van der Waals surface area contributed by atoms with Crippen molar-refractivity contribution in [1.29, 1.82) is 0 Å². The molecule has 1 fully saturated rings. The van der Waals surface area contributed by atoms with E-state index >= 15 is 0 Å². The Morgan fingerprint density at radius 2 is 1.63 bits per heavy atom. The Labute approximate surface area is 173 Å². The number of nitrogens with one attached hydrogen (secondary N) is 1. The van der Waals surface area contributed by atoms with Crippen molar-refractivity contribution in [2.24, 2.45) is 0 Å². The van der Waals surface area contributed by atoms with Crippen LogP contribution in [0.1, 0.15) is 29.8 Å². The molecule has 5 nitrogen and oxygen atoms in total. The Kier molecular flexibility index (Phi) is 6.45. The highest BCUT2D eigenvalue weighted by molar-refractivity contribution is 6.00. The molecule has 0 saturated carbocycles. The summed E-state index contributed by atoms with van der Waals surface area (Å²) in [6.07, 6.45) is -4.37. The lowest BCUT2D eigenvalue weighted by molar-refractivity contribution is -0.137. The van der Waals surface area contributed by atoms with Crippen molar-refractivity contribution in [3.05, 3.63) is 59.7 Å². The van der Waals surface area contributed by atoms with Crippen molar-refractivity contribution in [3.8, 4) is 0 Å². The molecule has 30 heavy (non-hydrogen) atoms. The molecule has 0 aliphatic carbocycles. The SMILES string of the molecule is CC(=O)Nc1ccc(C(=O)C(C)N2CCN(c3cccc(C(F)(F)F)c3)CC2)cc1. The first-order valence-electron chi connectivity index (χ1n) is 9.73. The average molecular weight is 419 g/mol. The van der Waals surface area contributed by atoms with E-state index in [0.29, 0.717) is 43.1 Å². The Morgan fingerprint density at radius 1 is 1.00 bits per heavy atom. The minimum absolute atomic E-state index is 0.0307. The zero-order valence-corrected chi connectivity index (χ0v) is 16.9. The van der Waals surface area contributed by atoms with Gasteiger partial charge in [0, 0.05) is 50.0 Å². The maximum absolute atomic E-state index is 13.0. The van der Waals surface area contributed by atoms with Crippen molar-refractivity contribution >= 4 is 23.1 Å². The number of carbonyl (C=O) groups excluding carboxylic acids is 2. The fourth-order valence-corrected chi connectivity index (χ4v) is 3.57. The maximum Gasteiger partial charge on any atom is 0.416 e. The molecule has 0 aromatic heterocycles. The Balaban J connectivity index is 1.60. The third kappa shape index (κ3) is 5.18. The van der Waals surface area contributed by atoms with E-state index in [9.17, 15) is 22.8 Å². The second-order valence-corrected chi connectivity index (χ2v) is 7.37. The van der Waals surface area contributed by atoms with Crippen LogP contribution < -0.4 is 10.2 Å². The van der Waals surface area contributed by atoms with Crippen molar-refractivity contribution in [3.63, 3.8) is 0 Å². The molecule has 1 unspecified atom stereocenters. The fraction of sp³-hybridized carbons (Fsp3) is 0.364. The van der Waals surface area contributed by atoms with E-state index in [4.69, 9.17) is 0 Å². The predicted octanol–water partition coefficient (Wildman–Crippen LogP) is 4.06. The molecule has 160 valence electrons. The van der Waals surface area contributed by atoms with Gasteiger partial charge in [-0.3, -0.25) is 14.5 Å². The molecule has 1 aliphatic rings. The van der Waals surface area contributed by atoms with Crippen molar-refractivity contribution in [1.82, 2.24) is 4.90 Å². The summed E-state index contributed by atoms with van der Waals surface area (Å²) >= 11 is 0. The number of benzene rings is 2. The third-order valence-corrected chi connectivity index (χ3v) is 5.27. The molecule has 1 N–H and O–H groups in total. The molecule has 1 heterocycles. The second kappa shape index (κ2) is 8.87. The molecule has 1 saturated heterocycles. The molecule has 0 bridgehead atoms. The lowest BCUT2D eigenvalue weighted by atomic mass is 10.0. The lowest BCUT2D eigenvalue weighted by Gasteiger charge is -2.38. The molecule has 0 spiro atoms. The van der Waals surface area contributed by atoms with E-state index in [2.05, 4.69) is 5.32 Å². The van der Waals surface area contributed by atoms with Crippen LogP contribution in [0, 0.1) is 0 Å². The van der Waals surface area contributed by atoms with E-state index in [1.807, 2.05) is 16.7 Å². The number of anilines is 2. The molecular weight excluding hydrogens is 395 g/mol. The summed E-state index contributed by atoms with van der Waals surface area (Å²) < 4.78 is 38.9. The molecule has 8 heteroatoms. The van der Waals surface area contributed by atoms with Crippen LogP contribution in [0.25, 0.3) is 0 Å². The monoisotopic (exact) mass is 419 g/mol. The molecule has 1 amide bonds. The van der Waals surface area contributed by atoms with Crippen LogP contribution in [0.4, 0.5) is 24.5 Å². The third-order valence-electron chi connectivity index (χ3n) is 5.27. The van der Waals surface area contributed by atoms with Gasteiger partial charge in [-0.25, -0.2) is 0 Å². The molecule has 3 rings (SSSR count). The molecule has 1 atom stereocenters. The lowest BCUT2D eigenvalue weighted by Crippen LogP contribution is -2.51. The van der Waals surface area contributed by atoms with Crippen LogP contribution in [0.15, 0.2) is 48.5 Å². The predicted molar refractivity (Wildman–Crippen MR) is 110 cm³/mol. The Hall–Kier alpha value is -2.87. The van der Waals surface area contributed by atoms with Gasteiger partial charge in [-0.2, -0.15) is 13.2 Å². The van der Waals surface area contributed by atoms with Crippen LogP contribution in [-0.2, 0) is 11.0 Å². The van der Waals surface area contributed by atoms with Crippen molar-refractivity contribution in [2.45, 2.75) is 26.1 Å². The second-order valence-electron chi connectivity index (χ2n) is 7.37. The van der Waals surface area contributed by atoms with Crippen molar-refractivity contribution in [2.75, 3.05) is 36.4 Å². The van der Waals surface area contributed by atoms with Crippen LogP contribution in [0.2, 0.25) is 0 Å². The summed E-state index contributed by atoms with van der Waals surface area (Å²) in [4.78, 5) is 27.9. The van der Waals surface area contributed by atoms with Gasteiger partial charge in [-0.05, 0) is 49.4 Å². The highest BCUT2D eigenvalue weighted by Gasteiger charge is 2.31.